The molecule has 0 aliphatic rings. The molecule has 6 aromatic rings. The number of rotatable bonds is 7. The van der Waals surface area contributed by atoms with Crippen molar-refractivity contribution in [2.45, 2.75) is 38.0 Å². The Bertz CT molecular complexity index is 2240. The lowest BCUT2D eigenvalue weighted by molar-refractivity contribution is 0.0786. The van der Waals surface area contributed by atoms with Gasteiger partial charge in [-0.05, 0) is 92.4 Å². The van der Waals surface area contributed by atoms with Gasteiger partial charge in [0.05, 0.1) is 31.5 Å². The Morgan fingerprint density at radius 1 is 0.804 bits per heavy atom. The molecule has 6 rings (SSSR count). The maximum Gasteiger partial charge on any atom is 0.156 e. The molecule has 0 spiro atoms. The lowest BCUT2D eigenvalue weighted by atomic mass is 9.92. The third-order valence-electron chi connectivity index (χ3n) is 8.41. The number of aliphatic hydroxyl groups is 1. The van der Waals surface area contributed by atoms with E-state index in [1.54, 1.807) is 46.0 Å². The van der Waals surface area contributed by atoms with Gasteiger partial charge in [-0.3, -0.25) is 4.98 Å². The number of pyridine rings is 1. The van der Waals surface area contributed by atoms with Gasteiger partial charge in [-0.15, -0.1) is 11.3 Å². The van der Waals surface area contributed by atoms with E-state index >= 15 is 4.39 Å². The number of fused-ring (bicyclic) bond motifs is 1. The van der Waals surface area contributed by atoms with Crippen molar-refractivity contribution in [3.05, 3.63) is 119 Å². The summed E-state index contributed by atoms with van der Waals surface area (Å²) in [5.41, 5.74) is 4.99. The molecule has 1 N–H and O–H groups in total. The Balaban J connectivity index is 1.58. The van der Waals surface area contributed by atoms with Crippen LogP contribution in [0, 0.1) is 5.82 Å². The Morgan fingerprint density at radius 3 is 2.24 bits per heavy atom. The second-order valence-electron chi connectivity index (χ2n) is 12.4. The average Bonchev–Trinajstić information content (AvgIpc) is 3.46. The summed E-state index contributed by atoms with van der Waals surface area (Å²) in [5.74, 6) is -0.561. The van der Waals surface area contributed by atoms with Gasteiger partial charge in [-0.1, -0.05) is 60.1 Å². The molecule has 0 unspecified atom stereocenters. The van der Waals surface area contributed by atoms with Crippen molar-refractivity contribution in [1.29, 1.82) is 0 Å². The summed E-state index contributed by atoms with van der Waals surface area (Å²) in [5, 5.41) is 12.1. The van der Waals surface area contributed by atoms with Crippen LogP contribution < -0.4 is 0 Å². The minimum absolute atomic E-state index is 0.00127. The molecule has 0 aliphatic carbocycles. The van der Waals surface area contributed by atoms with Gasteiger partial charge in [0, 0.05) is 34.5 Å². The van der Waals surface area contributed by atoms with Gasteiger partial charge < -0.3 is 5.11 Å². The van der Waals surface area contributed by atoms with E-state index in [1.807, 2.05) is 72.8 Å². The quantitative estimate of drug-likeness (QED) is 0.183. The van der Waals surface area contributed by atoms with Gasteiger partial charge in [0.1, 0.15) is 5.01 Å². The molecule has 0 fully saturated rings. The van der Waals surface area contributed by atoms with Crippen LogP contribution in [0.25, 0.3) is 54.3 Å². The zero-order valence-corrected chi connectivity index (χ0v) is 28.4. The first kappa shape index (κ1) is 32.0. The molecule has 2 heterocycles. The SMILES string of the molecule is CC(C)(O)c1cccc(-c2nc(-c3cccc(Cl)c3F)c(-c3cccc(-c4cc(C(C)(C)S(C)(=O)=O)cc5cccnc45)c3)s2)c1. The first-order chi connectivity index (χ1) is 21.6. The zero-order valence-electron chi connectivity index (χ0n) is 26.0. The number of thiazole rings is 1. The molecule has 0 aliphatic heterocycles. The Morgan fingerprint density at radius 2 is 1.50 bits per heavy atom. The van der Waals surface area contributed by atoms with E-state index in [2.05, 4.69) is 4.98 Å². The highest BCUT2D eigenvalue weighted by atomic mass is 35.5. The molecule has 0 bridgehead atoms. The van der Waals surface area contributed by atoms with E-state index in [0.717, 1.165) is 43.6 Å². The molecule has 0 saturated heterocycles. The van der Waals surface area contributed by atoms with E-state index in [1.165, 1.54) is 23.7 Å². The smallest absolute Gasteiger partial charge is 0.156 e. The molecular weight excluding hydrogens is 639 g/mol. The molecule has 5 nitrogen and oxygen atoms in total. The third-order valence-corrected chi connectivity index (χ3v) is 11.9. The molecule has 0 atom stereocenters. The van der Waals surface area contributed by atoms with Crippen LogP contribution in [0.4, 0.5) is 4.39 Å². The topological polar surface area (TPSA) is 80.2 Å². The van der Waals surface area contributed by atoms with Crippen LogP contribution in [0.1, 0.15) is 38.8 Å². The normalized spacial score (nSPS) is 12.5. The largest absolute Gasteiger partial charge is 0.386 e. The second kappa shape index (κ2) is 11.7. The lowest BCUT2D eigenvalue weighted by Gasteiger charge is -2.24. The molecule has 4 aromatic carbocycles. The van der Waals surface area contributed by atoms with E-state index in [0.29, 0.717) is 16.3 Å². The highest BCUT2D eigenvalue weighted by Crippen LogP contribution is 2.44. The minimum atomic E-state index is -3.44. The van der Waals surface area contributed by atoms with E-state index in [-0.39, 0.29) is 10.6 Å². The van der Waals surface area contributed by atoms with Crippen LogP contribution in [0.15, 0.2) is 97.2 Å². The summed E-state index contributed by atoms with van der Waals surface area (Å²) >= 11 is 7.64. The third kappa shape index (κ3) is 5.86. The summed E-state index contributed by atoms with van der Waals surface area (Å²) < 4.78 is 40.0. The van der Waals surface area contributed by atoms with E-state index in [9.17, 15) is 13.5 Å². The zero-order chi connectivity index (χ0) is 33.0. The standard InChI is InChI=1S/C37H32ClFN2O3S2/c1-36(2,42)26-14-7-12-25(20-26)35-41-33(28-15-8-16-30(38)31(28)39)34(45-35)24-11-6-10-22(18-24)29-21-27(37(3,4)46(5,43)44)19-23-13-9-17-40-32(23)29/h6-21,42H,1-5H3. The molecule has 9 heteroatoms. The molecule has 234 valence electrons. The summed E-state index contributed by atoms with van der Waals surface area (Å²) in [6.07, 6.45) is 2.96. The number of sulfone groups is 1. The lowest BCUT2D eigenvalue weighted by Crippen LogP contribution is -2.28. The number of hydrogen-bond donors (Lipinski definition) is 1. The Hall–Kier alpha value is -3.95. The fourth-order valence-electron chi connectivity index (χ4n) is 5.34. The predicted molar refractivity (Wildman–Crippen MR) is 187 cm³/mol. The number of hydrogen-bond acceptors (Lipinski definition) is 6. The predicted octanol–water partition coefficient (Wildman–Crippen LogP) is 9.66. The Kier molecular flexibility index (Phi) is 8.13. The number of aromatic nitrogens is 2. The molecule has 2 aromatic heterocycles. The monoisotopic (exact) mass is 670 g/mol. The molecule has 0 saturated carbocycles. The molecular formula is C37H32ClFN2O3S2. The molecule has 0 amide bonds. The summed E-state index contributed by atoms with van der Waals surface area (Å²) in [7, 11) is -3.44. The minimum Gasteiger partial charge on any atom is -0.386 e. The first-order valence-electron chi connectivity index (χ1n) is 14.6. The number of nitrogens with zero attached hydrogens (tertiary/aromatic N) is 2. The van der Waals surface area contributed by atoms with E-state index < -0.39 is 26.0 Å². The van der Waals surface area contributed by atoms with Crippen LogP contribution in [0.2, 0.25) is 5.02 Å². The maximum absolute atomic E-state index is 15.5. The van der Waals surface area contributed by atoms with Gasteiger partial charge in [0.2, 0.25) is 0 Å². The van der Waals surface area contributed by atoms with Crippen LogP contribution in [-0.4, -0.2) is 29.7 Å². The summed E-state index contributed by atoms with van der Waals surface area (Å²) in [4.78, 5) is 10.3. The van der Waals surface area contributed by atoms with Crippen molar-refractivity contribution >= 4 is 43.7 Å². The first-order valence-corrected chi connectivity index (χ1v) is 17.7. The molecule has 0 radical (unpaired) electrons. The van der Waals surface area contributed by atoms with Crippen LogP contribution in [0.5, 0.6) is 0 Å². The second-order valence-corrected chi connectivity index (χ2v) is 16.4. The van der Waals surface area contributed by atoms with E-state index in [4.69, 9.17) is 16.6 Å². The van der Waals surface area contributed by atoms with Crippen molar-refractivity contribution in [1.82, 2.24) is 9.97 Å². The van der Waals surface area contributed by atoms with Crippen LogP contribution >= 0.6 is 22.9 Å². The summed E-state index contributed by atoms with van der Waals surface area (Å²) in [6.45, 7) is 6.86. The Labute approximate surface area is 277 Å². The highest BCUT2D eigenvalue weighted by molar-refractivity contribution is 7.91. The van der Waals surface area contributed by atoms with Gasteiger partial charge in [0.15, 0.2) is 15.7 Å². The fourth-order valence-corrected chi connectivity index (χ4v) is 7.14. The van der Waals surface area contributed by atoms with Crippen LogP contribution in [-0.2, 0) is 20.2 Å². The maximum atomic E-state index is 15.5. The van der Waals surface area contributed by atoms with Gasteiger partial charge >= 0.3 is 0 Å². The van der Waals surface area contributed by atoms with Gasteiger partial charge in [-0.25, -0.2) is 17.8 Å². The highest BCUT2D eigenvalue weighted by Gasteiger charge is 2.33. The van der Waals surface area contributed by atoms with Crippen molar-refractivity contribution in [2.75, 3.05) is 6.26 Å². The van der Waals surface area contributed by atoms with Crippen molar-refractivity contribution in [3.63, 3.8) is 0 Å². The number of benzene rings is 4. The number of halogens is 2. The van der Waals surface area contributed by atoms with Crippen molar-refractivity contribution in [3.8, 4) is 43.4 Å². The van der Waals surface area contributed by atoms with Gasteiger partial charge in [0.25, 0.3) is 0 Å². The van der Waals surface area contributed by atoms with Crippen molar-refractivity contribution < 1.29 is 17.9 Å². The fraction of sp³-hybridized carbons (Fsp3) is 0.189. The average molecular weight is 671 g/mol. The van der Waals surface area contributed by atoms with Crippen LogP contribution in [0.3, 0.4) is 0 Å². The van der Waals surface area contributed by atoms with Gasteiger partial charge in [-0.2, -0.15) is 0 Å². The molecule has 46 heavy (non-hydrogen) atoms. The van der Waals surface area contributed by atoms with Crippen molar-refractivity contribution in [2.24, 2.45) is 0 Å². The summed E-state index contributed by atoms with van der Waals surface area (Å²) in [6, 6.07) is 27.7.